The Balaban J connectivity index is 1.58. The molecule has 142 valence electrons. The fourth-order valence-corrected chi connectivity index (χ4v) is 2.85. The van der Waals surface area contributed by atoms with Gasteiger partial charge in [0.1, 0.15) is 12.4 Å². The van der Waals surface area contributed by atoms with Gasteiger partial charge in [-0.3, -0.25) is 9.59 Å². The topological polar surface area (TPSA) is 46.6 Å². The van der Waals surface area contributed by atoms with Crippen LogP contribution in [0.1, 0.15) is 31.8 Å². The van der Waals surface area contributed by atoms with E-state index in [0.717, 1.165) is 11.3 Å². The van der Waals surface area contributed by atoms with E-state index in [4.69, 9.17) is 4.74 Å². The molecule has 0 atom stereocenters. The molecule has 0 bridgehead atoms. The number of hydrogen-bond acceptors (Lipinski definition) is 3. The predicted molar refractivity (Wildman–Crippen MR) is 110 cm³/mol. The van der Waals surface area contributed by atoms with Crippen molar-refractivity contribution in [2.24, 2.45) is 0 Å². The summed E-state index contributed by atoms with van der Waals surface area (Å²) in [7, 11) is 1.74. The lowest BCUT2D eigenvalue weighted by atomic mass is 10.0. The number of aryl methyl sites for hydroxylation is 1. The molecule has 0 aliphatic heterocycles. The number of carbonyl (C=O) groups excluding carboxylic acids is 2. The summed E-state index contributed by atoms with van der Waals surface area (Å²) in [4.78, 5) is 26.7. The number of amides is 1. The Kier molecular flexibility index (Phi) is 6.22. The molecule has 0 aromatic heterocycles. The van der Waals surface area contributed by atoms with Crippen LogP contribution in [0.3, 0.4) is 0 Å². The number of ether oxygens (including phenoxy) is 1. The highest BCUT2D eigenvalue weighted by atomic mass is 16.5. The normalized spacial score (nSPS) is 10.4. The first-order valence-corrected chi connectivity index (χ1v) is 9.20. The molecule has 0 radical (unpaired) electrons. The SMILES string of the molecule is Cc1ccccc1OCCN(C)C(=O)c1ccc(C(=O)c2ccccc2)cc1. The van der Waals surface area contributed by atoms with Crippen molar-refractivity contribution < 1.29 is 14.3 Å². The van der Waals surface area contributed by atoms with Gasteiger partial charge in [-0.05, 0) is 30.7 Å². The Morgan fingerprint density at radius 3 is 2.04 bits per heavy atom. The molecule has 0 spiro atoms. The fourth-order valence-electron chi connectivity index (χ4n) is 2.85. The summed E-state index contributed by atoms with van der Waals surface area (Å²) >= 11 is 0. The van der Waals surface area contributed by atoms with Crippen LogP contribution in [-0.2, 0) is 0 Å². The summed E-state index contributed by atoms with van der Waals surface area (Å²) in [5, 5.41) is 0. The molecule has 0 unspecified atom stereocenters. The average molecular weight is 373 g/mol. The summed E-state index contributed by atoms with van der Waals surface area (Å²) in [5.74, 6) is 0.666. The highest BCUT2D eigenvalue weighted by molar-refractivity contribution is 6.09. The number of likely N-dealkylation sites (N-methyl/N-ethyl adjacent to an activating group) is 1. The zero-order valence-corrected chi connectivity index (χ0v) is 16.1. The predicted octanol–water partition coefficient (Wildman–Crippen LogP) is 4.38. The molecule has 0 saturated heterocycles. The molecule has 4 heteroatoms. The second-order valence-electron chi connectivity index (χ2n) is 6.61. The highest BCUT2D eigenvalue weighted by Crippen LogP contribution is 2.16. The quantitative estimate of drug-likeness (QED) is 0.578. The van der Waals surface area contributed by atoms with Crippen molar-refractivity contribution in [3.05, 3.63) is 101 Å². The van der Waals surface area contributed by atoms with Gasteiger partial charge in [-0.1, -0.05) is 60.7 Å². The van der Waals surface area contributed by atoms with E-state index in [9.17, 15) is 9.59 Å². The Hall–Kier alpha value is -3.40. The largest absolute Gasteiger partial charge is 0.491 e. The van der Waals surface area contributed by atoms with Gasteiger partial charge in [0.05, 0.1) is 6.54 Å². The van der Waals surface area contributed by atoms with Crippen LogP contribution in [0.5, 0.6) is 5.75 Å². The minimum atomic E-state index is -0.105. The first kappa shape index (κ1) is 19.4. The zero-order valence-electron chi connectivity index (χ0n) is 16.1. The van der Waals surface area contributed by atoms with Gasteiger partial charge in [-0.2, -0.15) is 0 Å². The van der Waals surface area contributed by atoms with Crippen molar-refractivity contribution in [3.63, 3.8) is 0 Å². The molecule has 0 N–H and O–H groups in total. The lowest BCUT2D eigenvalue weighted by Crippen LogP contribution is -2.30. The van der Waals surface area contributed by atoms with Crippen molar-refractivity contribution in [2.45, 2.75) is 6.92 Å². The lowest BCUT2D eigenvalue weighted by molar-refractivity contribution is 0.0773. The maximum Gasteiger partial charge on any atom is 0.253 e. The molecule has 0 heterocycles. The average Bonchev–Trinajstić information content (AvgIpc) is 2.74. The third-order valence-corrected chi connectivity index (χ3v) is 4.55. The van der Waals surface area contributed by atoms with Gasteiger partial charge in [-0.25, -0.2) is 0 Å². The molecular weight excluding hydrogens is 350 g/mol. The van der Waals surface area contributed by atoms with Crippen molar-refractivity contribution >= 4 is 11.7 Å². The van der Waals surface area contributed by atoms with Gasteiger partial charge >= 0.3 is 0 Å². The zero-order chi connectivity index (χ0) is 19.9. The Bertz CT molecular complexity index is 949. The molecule has 1 amide bonds. The number of ketones is 1. The van der Waals surface area contributed by atoms with Crippen molar-refractivity contribution in [1.82, 2.24) is 4.90 Å². The van der Waals surface area contributed by atoms with E-state index in [1.54, 1.807) is 48.3 Å². The molecule has 0 fully saturated rings. The van der Waals surface area contributed by atoms with Crippen LogP contribution >= 0.6 is 0 Å². The van der Waals surface area contributed by atoms with Gasteiger partial charge in [0.15, 0.2) is 5.78 Å². The second kappa shape index (κ2) is 9.00. The van der Waals surface area contributed by atoms with Crippen LogP contribution in [0.4, 0.5) is 0 Å². The Morgan fingerprint density at radius 2 is 1.36 bits per heavy atom. The maximum absolute atomic E-state index is 12.6. The molecular formula is C24H23NO3. The molecule has 0 aliphatic rings. The minimum Gasteiger partial charge on any atom is -0.491 e. The van der Waals surface area contributed by atoms with E-state index in [1.165, 1.54) is 0 Å². The lowest BCUT2D eigenvalue weighted by Gasteiger charge is -2.18. The highest BCUT2D eigenvalue weighted by Gasteiger charge is 2.14. The van der Waals surface area contributed by atoms with Gasteiger partial charge in [0.2, 0.25) is 0 Å². The van der Waals surface area contributed by atoms with Crippen LogP contribution in [0.25, 0.3) is 0 Å². The van der Waals surface area contributed by atoms with Crippen molar-refractivity contribution in [1.29, 1.82) is 0 Å². The molecule has 3 aromatic carbocycles. The standard InChI is InChI=1S/C24H23NO3/c1-18-8-6-7-11-22(18)28-17-16-25(2)24(27)21-14-12-20(13-15-21)23(26)19-9-4-3-5-10-19/h3-15H,16-17H2,1-2H3. The third kappa shape index (κ3) is 4.65. The van der Waals surface area contributed by atoms with Crippen LogP contribution < -0.4 is 4.74 Å². The molecule has 4 nitrogen and oxygen atoms in total. The molecule has 3 rings (SSSR count). The monoisotopic (exact) mass is 373 g/mol. The third-order valence-electron chi connectivity index (χ3n) is 4.55. The number of para-hydroxylation sites is 1. The minimum absolute atomic E-state index is 0.0559. The molecule has 28 heavy (non-hydrogen) atoms. The van der Waals surface area contributed by atoms with Gasteiger partial charge < -0.3 is 9.64 Å². The summed E-state index contributed by atoms with van der Waals surface area (Å²) in [6, 6.07) is 23.7. The molecule has 3 aromatic rings. The van der Waals surface area contributed by atoms with Crippen LogP contribution in [-0.4, -0.2) is 36.8 Å². The number of carbonyl (C=O) groups is 2. The van der Waals surface area contributed by atoms with Crippen molar-refractivity contribution in [2.75, 3.05) is 20.2 Å². The Morgan fingerprint density at radius 1 is 0.786 bits per heavy atom. The maximum atomic E-state index is 12.6. The van der Waals surface area contributed by atoms with Gasteiger partial charge in [-0.15, -0.1) is 0 Å². The van der Waals surface area contributed by atoms with E-state index >= 15 is 0 Å². The summed E-state index contributed by atoms with van der Waals surface area (Å²) in [6.45, 7) is 2.87. The van der Waals surface area contributed by atoms with Crippen LogP contribution in [0.2, 0.25) is 0 Å². The first-order valence-electron chi connectivity index (χ1n) is 9.20. The van der Waals surface area contributed by atoms with Gasteiger partial charge in [0.25, 0.3) is 5.91 Å². The number of benzene rings is 3. The molecule has 0 aliphatic carbocycles. The van der Waals surface area contributed by atoms with Crippen LogP contribution in [0.15, 0.2) is 78.9 Å². The number of nitrogens with zero attached hydrogens (tertiary/aromatic N) is 1. The second-order valence-corrected chi connectivity index (χ2v) is 6.61. The Labute approximate surface area is 165 Å². The van der Waals surface area contributed by atoms with Gasteiger partial charge in [0, 0.05) is 23.7 Å². The van der Waals surface area contributed by atoms with Crippen LogP contribution in [0, 0.1) is 6.92 Å². The van der Waals surface area contributed by atoms with E-state index in [0.29, 0.717) is 29.8 Å². The summed E-state index contributed by atoms with van der Waals surface area (Å²) < 4.78 is 5.75. The number of rotatable bonds is 7. The summed E-state index contributed by atoms with van der Waals surface area (Å²) in [6.07, 6.45) is 0. The summed E-state index contributed by atoms with van der Waals surface area (Å²) in [5.41, 5.74) is 2.80. The van der Waals surface area contributed by atoms with E-state index in [2.05, 4.69) is 0 Å². The molecule has 0 saturated carbocycles. The van der Waals surface area contributed by atoms with E-state index in [-0.39, 0.29) is 11.7 Å². The van der Waals surface area contributed by atoms with E-state index < -0.39 is 0 Å². The van der Waals surface area contributed by atoms with E-state index in [1.807, 2.05) is 49.4 Å². The first-order chi connectivity index (χ1) is 13.6. The van der Waals surface area contributed by atoms with Crippen molar-refractivity contribution in [3.8, 4) is 5.75 Å². The number of hydrogen-bond donors (Lipinski definition) is 0. The smallest absolute Gasteiger partial charge is 0.253 e. The fraction of sp³-hybridized carbons (Fsp3) is 0.167.